The Labute approximate surface area is 171 Å². The molecule has 2 amide bonds. The Balaban J connectivity index is 1.60. The predicted molar refractivity (Wildman–Crippen MR) is 105 cm³/mol. The molecule has 152 valence electrons. The molecule has 3 aromatic rings. The highest BCUT2D eigenvalue weighted by atomic mass is 18.2. The molecule has 6 rings (SSSR count). The quantitative estimate of drug-likeness (QED) is 0.673. The molecule has 7 nitrogen and oxygen atoms in total. The van der Waals surface area contributed by atoms with E-state index >= 15 is 0 Å². The third-order valence-corrected chi connectivity index (χ3v) is 6.22. The number of rotatable bonds is 1. The number of amides is 2. The molecule has 0 bridgehead atoms. The van der Waals surface area contributed by atoms with Crippen LogP contribution in [0.2, 0.25) is 0 Å². The SMILES string of the molecule is CN1CC(=O)N2[C@H](c3ccc4c(c3)OCO4)c3[nH]c4ccc([18F])cc4c3C[C@@H]2C1=O. The summed E-state index contributed by atoms with van der Waals surface area (Å²) in [5.74, 6) is 0.670. The smallest absolute Gasteiger partial charge is 0.245 e. The number of fused-ring (bicyclic) bond motifs is 5. The lowest BCUT2D eigenvalue weighted by molar-refractivity contribution is -0.157. The van der Waals surface area contributed by atoms with E-state index < -0.39 is 12.1 Å². The molecule has 8 heteroatoms. The van der Waals surface area contributed by atoms with Crippen LogP contribution in [0.25, 0.3) is 10.9 Å². The number of benzene rings is 2. The average Bonchev–Trinajstić information content (AvgIpc) is 3.34. The van der Waals surface area contributed by atoms with Crippen LogP contribution in [-0.2, 0) is 16.0 Å². The van der Waals surface area contributed by atoms with Crippen molar-refractivity contribution in [3.05, 3.63) is 59.0 Å². The molecule has 0 aliphatic carbocycles. The summed E-state index contributed by atoms with van der Waals surface area (Å²) >= 11 is 0. The lowest BCUT2D eigenvalue weighted by atomic mass is 9.86. The minimum Gasteiger partial charge on any atom is -0.454 e. The molecule has 1 saturated heterocycles. The first-order valence-electron chi connectivity index (χ1n) is 9.77. The fraction of sp³-hybridized carbons (Fsp3) is 0.273. The van der Waals surface area contributed by atoms with Gasteiger partial charge in [0.25, 0.3) is 0 Å². The van der Waals surface area contributed by atoms with Crippen molar-refractivity contribution in [1.82, 2.24) is 14.8 Å². The number of nitrogens with zero attached hydrogens (tertiary/aromatic N) is 2. The van der Waals surface area contributed by atoms with Crippen LogP contribution in [-0.4, -0.2) is 53.0 Å². The van der Waals surface area contributed by atoms with Gasteiger partial charge in [0.1, 0.15) is 11.9 Å². The van der Waals surface area contributed by atoms with Crippen molar-refractivity contribution < 1.29 is 23.5 Å². The number of aromatic amines is 1. The van der Waals surface area contributed by atoms with Crippen molar-refractivity contribution in [2.45, 2.75) is 18.5 Å². The minimum atomic E-state index is -0.638. The van der Waals surface area contributed by atoms with Crippen molar-refractivity contribution in [3.8, 4) is 11.5 Å². The van der Waals surface area contributed by atoms with Crippen LogP contribution in [0.15, 0.2) is 36.4 Å². The van der Waals surface area contributed by atoms with E-state index in [1.165, 1.54) is 17.0 Å². The van der Waals surface area contributed by atoms with Crippen LogP contribution in [0.1, 0.15) is 22.9 Å². The molecule has 3 aliphatic heterocycles. The molecule has 1 N–H and O–H groups in total. The van der Waals surface area contributed by atoms with E-state index in [0.717, 1.165) is 27.7 Å². The third kappa shape index (κ3) is 2.30. The Morgan fingerprint density at radius 1 is 1.10 bits per heavy atom. The summed E-state index contributed by atoms with van der Waals surface area (Å²) in [4.78, 5) is 32.6. The second-order valence-corrected chi connectivity index (χ2v) is 7.94. The van der Waals surface area contributed by atoms with E-state index in [0.29, 0.717) is 17.9 Å². The second kappa shape index (κ2) is 5.98. The number of carbonyl (C=O) groups is 2. The van der Waals surface area contributed by atoms with E-state index in [-0.39, 0.29) is 31.0 Å². The maximum atomic E-state index is 14.0. The molecule has 0 unspecified atom stereocenters. The van der Waals surface area contributed by atoms with Gasteiger partial charge in [0.05, 0.1) is 12.6 Å². The maximum Gasteiger partial charge on any atom is 0.245 e. The van der Waals surface area contributed by atoms with Crippen LogP contribution in [0.3, 0.4) is 0 Å². The molecule has 2 atom stereocenters. The highest BCUT2D eigenvalue weighted by Gasteiger charge is 2.47. The number of likely N-dealkylation sites (N-methyl/N-ethyl adjacent to an activating group) is 1. The van der Waals surface area contributed by atoms with Gasteiger partial charge in [-0.2, -0.15) is 0 Å². The number of hydrogen-bond acceptors (Lipinski definition) is 4. The molecule has 30 heavy (non-hydrogen) atoms. The molecule has 0 spiro atoms. The van der Waals surface area contributed by atoms with E-state index in [1.54, 1.807) is 18.0 Å². The number of aromatic nitrogens is 1. The third-order valence-electron chi connectivity index (χ3n) is 6.22. The number of halogens is 1. The summed E-state index contributed by atoms with van der Waals surface area (Å²) in [6.07, 6.45) is 0.342. The number of hydrogen-bond donors (Lipinski definition) is 1. The summed E-state index contributed by atoms with van der Waals surface area (Å²) in [7, 11) is 1.64. The Bertz CT molecular complexity index is 1240. The first-order valence-corrected chi connectivity index (χ1v) is 9.77. The summed E-state index contributed by atoms with van der Waals surface area (Å²) in [6.45, 7) is 0.176. The van der Waals surface area contributed by atoms with E-state index in [9.17, 15) is 14.0 Å². The fourth-order valence-electron chi connectivity index (χ4n) is 4.86. The number of piperazine rings is 1. The Hall–Kier alpha value is -3.55. The van der Waals surface area contributed by atoms with E-state index in [4.69, 9.17) is 9.47 Å². The standard InChI is InChI=1S/C22H18FN3O4/c1-25-9-19(27)26-16(22(25)28)8-14-13-7-12(23)3-4-15(13)24-20(14)21(26)11-2-5-17-18(6-11)30-10-29-17/h2-7,16,21,24H,8-10H2,1H3/t16-,21-/m1/s1/i23-1. The van der Waals surface area contributed by atoms with Gasteiger partial charge >= 0.3 is 0 Å². The molecule has 1 aromatic heterocycles. The van der Waals surface area contributed by atoms with Gasteiger partial charge in [-0.25, -0.2) is 4.39 Å². The summed E-state index contributed by atoms with van der Waals surface area (Å²) in [5.41, 5.74) is 3.25. The van der Waals surface area contributed by atoms with Crippen LogP contribution in [0.4, 0.5) is 4.39 Å². The normalized spacial score (nSPS) is 22.5. The number of H-pyrrole nitrogens is 1. The number of ether oxygens (including phenoxy) is 2. The van der Waals surface area contributed by atoms with Gasteiger partial charge in [-0.1, -0.05) is 6.07 Å². The van der Waals surface area contributed by atoms with Crippen LogP contribution < -0.4 is 9.47 Å². The Morgan fingerprint density at radius 2 is 1.93 bits per heavy atom. The lowest BCUT2D eigenvalue weighted by Gasteiger charge is -2.46. The van der Waals surface area contributed by atoms with Gasteiger partial charge in [0.15, 0.2) is 11.5 Å². The maximum absolute atomic E-state index is 14.0. The zero-order chi connectivity index (χ0) is 20.6. The van der Waals surface area contributed by atoms with Crippen LogP contribution in [0, 0.1) is 5.82 Å². The Morgan fingerprint density at radius 3 is 2.80 bits per heavy atom. The molecule has 0 saturated carbocycles. The molecule has 4 heterocycles. The largest absolute Gasteiger partial charge is 0.454 e. The first-order chi connectivity index (χ1) is 14.5. The molecule has 0 radical (unpaired) electrons. The number of nitrogens with one attached hydrogen (secondary N) is 1. The van der Waals surface area contributed by atoms with Gasteiger partial charge in [0.2, 0.25) is 18.6 Å². The van der Waals surface area contributed by atoms with Crippen LogP contribution in [0.5, 0.6) is 11.5 Å². The Kier molecular flexibility index (Phi) is 3.45. The van der Waals surface area contributed by atoms with Gasteiger partial charge < -0.3 is 24.3 Å². The minimum absolute atomic E-state index is 0.0283. The number of carbonyl (C=O) groups excluding carboxylic acids is 2. The van der Waals surface area contributed by atoms with Crippen molar-refractivity contribution in [1.29, 1.82) is 0 Å². The highest BCUT2D eigenvalue weighted by molar-refractivity contribution is 5.97. The van der Waals surface area contributed by atoms with Gasteiger partial charge in [-0.05, 0) is 41.5 Å². The van der Waals surface area contributed by atoms with Crippen molar-refractivity contribution in [2.75, 3.05) is 20.4 Å². The zero-order valence-corrected chi connectivity index (χ0v) is 16.1. The van der Waals surface area contributed by atoms with Crippen molar-refractivity contribution >= 4 is 22.7 Å². The second-order valence-electron chi connectivity index (χ2n) is 7.94. The van der Waals surface area contributed by atoms with E-state index in [1.807, 2.05) is 18.2 Å². The zero-order valence-electron chi connectivity index (χ0n) is 16.1. The summed E-state index contributed by atoms with van der Waals surface area (Å²) in [6, 6.07) is 8.97. The molecular weight excluding hydrogens is 388 g/mol. The average molecular weight is 406 g/mol. The fourth-order valence-corrected chi connectivity index (χ4v) is 4.86. The van der Waals surface area contributed by atoms with Crippen molar-refractivity contribution in [3.63, 3.8) is 0 Å². The summed E-state index contributed by atoms with van der Waals surface area (Å²) < 4.78 is 25.0. The molecule has 1 fully saturated rings. The monoisotopic (exact) mass is 406 g/mol. The molecule has 2 aromatic carbocycles. The highest BCUT2D eigenvalue weighted by Crippen LogP contribution is 2.44. The summed E-state index contributed by atoms with van der Waals surface area (Å²) in [5, 5.41) is 0.740. The van der Waals surface area contributed by atoms with Gasteiger partial charge in [-0.3, -0.25) is 9.59 Å². The lowest BCUT2D eigenvalue weighted by Crippen LogP contribution is -2.62. The topological polar surface area (TPSA) is 74.9 Å². The van der Waals surface area contributed by atoms with Crippen LogP contribution >= 0.6 is 0 Å². The van der Waals surface area contributed by atoms with Crippen molar-refractivity contribution in [2.24, 2.45) is 0 Å². The van der Waals surface area contributed by atoms with Gasteiger partial charge in [0, 0.05) is 30.1 Å². The van der Waals surface area contributed by atoms with Gasteiger partial charge in [-0.15, -0.1) is 0 Å². The predicted octanol–water partition coefficient (Wildman–Crippen LogP) is 2.35. The molecule has 3 aliphatic rings. The first kappa shape index (κ1) is 17.3. The van der Waals surface area contributed by atoms with E-state index in [2.05, 4.69) is 4.98 Å². The molecular formula is C22H18FN3O4.